The lowest BCUT2D eigenvalue weighted by Crippen LogP contribution is -2.30. The van der Waals surface area contributed by atoms with Crippen LogP contribution in [0.3, 0.4) is 0 Å². The number of H-pyrrole nitrogens is 1. The number of aromatic nitrogens is 1. The van der Waals surface area contributed by atoms with E-state index in [1.807, 2.05) is 18.0 Å². The molecular weight excluding hydrogens is 402 g/mol. The molecule has 0 aliphatic carbocycles. The first-order chi connectivity index (χ1) is 14.1. The van der Waals surface area contributed by atoms with Crippen LogP contribution in [0.25, 0.3) is 16.5 Å². The largest absolute Gasteiger partial charge is 0.366 e. The summed E-state index contributed by atoms with van der Waals surface area (Å²) >= 11 is 8.13. The number of hydrogen-bond acceptors (Lipinski definition) is 3. The summed E-state index contributed by atoms with van der Waals surface area (Å²) in [5, 5.41) is 1.46. The highest BCUT2D eigenvalue weighted by Gasteiger charge is 2.16. The van der Waals surface area contributed by atoms with Crippen molar-refractivity contribution in [3.05, 3.63) is 76.5 Å². The lowest BCUT2D eigenvalue weighted by atomic mass is 10.00. The SMILES string of the molecule is NC(=O)c1ccc(Cl)c2[nH]cc(CSCCN3CC=C(c4ccccc4)CC3)c12. The van der Waals surface area contributed by atoms with Crippen molar-refractivity contribution < 1.29 is 4.79 Å². The third-order valence-electron chi connectivity index (χ3n) is 5.38. The first kappa shape index (κ1) is 20.1. The minimum atomic E-state index is -0.424. The quantitative estimate of drug-likeness (QED) is 0.527. The standard InChI is InChI=1S/C23H24ClN3OS/c24-20-7-6-19(23(25)28)21-18(14-26-22(20)21)15-29-13-12-27-10-8-17(9-11-27)16-4-2-1-3-5-16/h1-8,14,26H,9-13,15H2,(H2,25,28). The molecule has 4 nitrogen and oxygen atoms in total. The Morgan fingerprint density at radius 1 is 1.21 bits per heavy atom. The number of fused-ring (bicyclic) bond motifs is 1. The van der Waals surface area contributed by atoms with Crippen LogP contribution < -0.4 is 5.73 Å². The van der Waals surface area contributed by atoms with Crippen molar-refractivity contribution in [1.29, 1.82) is 0 Å². The Morgan fingerprint density at radius 3 is 2.76 bits per heavy atom. The predicted octanol–water partition coefficient (Wildman–Crippen LogP) is 4.94. The lowest BCUT2D eigenvalue weighted by Gasteiger charge is -2.26. The van der Waals surface area contributed by atoms with Gasteiger partial charge < -0.3 is 10.7 Å². The minimum Gasteiger partial charge on any atom is -0.366 e. The number of benzene rings is 2. The number of nitrogens with two attached hydrogens (primary N) is 1. The summed E-state index contributed by atoms with van der Waals surface area (Å²) in [6.07, 6.45) is 5.38. The fraction of sp³-hybridized carbons (Fsp3) is 0.261. The Kier molecular flexibility index (Phi) is 6.28. The van der Waals surface area contributed by atoms with E-state index in [-0.39, 0.29) is 0 Å². The number of hydrogen-bond donors (Lipinski definition) is 2. The van der Waals surface area contributed by atoms with E-state index in [0.717, 1.165) is 54.0 Å². The highest BCUT2D eigenvalue weighted by Crippen LogP contribution is 2.31. The maximum absolute atomic E-state index is 11.8. The van der Waals surface area contributed by atoms with Crippen LogP contribution in [-0.2, 0) is 5.75 Å². The zero-order valence-corrected chi connectivity index (χ0v) is 17.7. The number of nitrogens with zero attached hydrogens (tertiary/aromatic N) is 1. The zero-order valence-electron chi connectivity index (χ0n) is 16.2. The van der Waals surface area contributed by atoms with Crippen molar-refractivity contribution in [3.63, 3.8) is 0 Å². The van der Waals surface area contributed by atoms with E-state index in [9.17, 15) is 4.79 Å². The van der Waals surface area contributed by atoms with Gasteiger partial charge >= 0.3 is 0 Å². The summed E-state index contributed by atoms with van der Waals surface area (Å²) in [7, 11) is 0. The smallest absolute Gasteiger partial charge is 0.249 e. The molecule has 29 heavy (non-hydrogen) atoms. The summed E-state index contributed by atoms with van der Waals surface area (Å²) in [6.45, 7) is 3.14. The van der Waals surface area contributed by atoms with Crippen molar-refractivity contribution in [3.8, 4) is 0 Å². The molecule has 1 aliphatic rings. The first-order valence-electron chi connectivity index (χ1n) is 9.76. The number of nitrogens with one attached hydrogen (secondary N) is 1. The summed E-state index contributed by atoms with van der Waals surface area (Å²) in [5.41, 5.74) is 10.7. The van der Waals surface area contributed by atoms with Gasteiger partial charge in [-0.3, -0.25) is 9.69 Å². The number of aromatic amines is 1. The van der Waals surface area contributed by atoms with Crippen molar-refractivity contribution in [2.75, 3.05) is 25.4 Å². The van der Waals surface area contributed by atoms with Crippen LogP contribution in [0, 0.1) is 0 Å². The van der Waals surface area contributed by atoms with E-state index in [1.165, 1.54) is 11.1 Å². The molecule has 1 aromatic heterocycles. The molecule has 0 radical (unpaired) electrons. The van der Waals surface area contributed by atoms with Gasteiger partial charge in [0.2, 0.25) is 5.91 Å². The number of amides is 1. The highest BCUT2D eigenvalue weighted by molar-refractivity contribution is 7.98. The van der Waals surface area contributed by atoms with Crippen LogP contribution in [0.15, 0.2) is 54.7 Å². The van der Waals surface area contributed by atoms with E-state index < -0.39 is 5.91 Å². The van der Waals surface area contributed by atoms with Gasteiger partial charge in [-0.05, 0) is 35.3 Å². The van der Waals surface area contributed by atoms with Gasteiger partial charge in [0.05, 0.1) is 10.5 Å². The van der Waals surface area contributed by atoms with Gasteiger partial charge in [0, 0.05) is 48.3 Å². The summed E-state index contributed by atoms with van der Waals surface area (Å²) in [5.74, 6) is 1.43. The van der Waals surface area contributed by atoms with E-state index >= 15 is 0 Å². The monoisotopic (exact) mass is 425 g/mol. The Labute approximate surface area is 180 Å². The number of carbonyl (C=O) groups excluding carboxylic acids is 1. The van der Waals surface area contributed by atoms with Crippen LogP contribution >= 0.6 is 23.4 Å². The maximum Gasteiger partial charge on any atom is 0.249 e. The molecule has 1 aliphatic heterocycles. The molecule has 2 aromatic carbocycles. The van der Waals surface area contributed by atoms with Crippen LogP contribution in [0.2, 0.25) is 5.02 Å². The van der Waals surface area contributed by atoms with Gasteiger partial charge in [-0.1, -0.05) is 48.0 Å². The average molecular weight is 426 g/mol. The van der Waals surface area contributed by atoms with E-state index in [1.54, 1.807) is 12.1 Å². The molecule has 6 heteroatoms. The Hall–Kier alpha value is -2.21. The second kappa shape index (κ2) is 9.08. The maximum atomic E-state index is 11.8. The van der Waals surface area contributed by atoms with E-state index in [4.69, 9.17) is 17.3 Å². The lowest BCUT2D eigenvalue weighted by molar-refractivity contribution is 0.100. The van der Waals surface area contributed by atoms with Crippen molar-refractivity contribution >= 4 is 45.7 Å². The Balaban J connectivity index is 1.32. The minimum absolute atomic E-state index is 0.424. The second-order valence-electron chi connectivity index (χ2n) is 7.22. The Morgan fingerprint density at radius 2 is 2.03 bits per heavy atom. The van der Waals surface area contributed by atoms with Gasteiger partial charge in [-0.2, -0.15) is 11.8 Å². The molecule has 0 atom stereocenters. The molecule has 150 valence electrons. The number of halogens is 1. The molecule has 4 rings (SSSR count). The molecule has 3 aromatic rings. The van der Waals surface area contributed by atoms with Gasteiger partial charge in [-0.25, -0.2) is 0 Å². The van der Waals surface area contributed by atoms with Gasteiger partial charge in [-0.15, -0.1) is 0 Å². The third-order valence-corrected chi connectivity index (χ3v) is 6.68. The summed E-state index contributed by atoms with van der Waals surface area (Å²) < 4.78 is 0. The molecule has 0 saturated heterocycles. The molecule has 0 unspecified atom stereocenters. The van der Waals surface area contributed by atoms with Gasteiger partial charge in [0.25, 0.3) is 0 Å². The molecule has 0 bridgehead atoms. The molecular formula is C23H24ClN3OS. The number of thioether (sulfide) groups is 1. The number of primary amides is 1. The zero-order chi connectivity index (χ0) is 20.2. The molecule has 3 N–H and O–H groups in total. The summed E-state index contributed by atoms with van der Waals surface area (Å²) in [6, 6.07) is 14.0. The fourth-order valence-corrected chi connectivity index (χ4v) is 5.00. The van der Waals surface area contributed by atoms with Crippen molar-refractivity contribution in [2.45, 2.75) is 12.2 Å². The number of carbonyl (C=O) groups is 1. The normalized spacial score (nSPS) is 14.9. The molecule has 2 heterocycles. The molecule has 1 amide bonds. The topological polar surface area (TPSA) is 62.1 Å². The highest BCUT2D eigenvalue weighted by atomic mass is 35.5. The Bertz CT molecular complexity index is 1040. The molecule has 0 spiro atoms. The van der Waals surface area contributed by atoms with Crippen molar-refractivity contribution in [1.82, 2.24) is 9.88 Å². The van der Waals surface area contributed by atoms with Crippen molar-refractivity contribution in [2.24, 2.45) is 5.73 Å². The van der Waals surface area contributed by atoms with Gasteiger partial charge in [0.15, 0.2) is 0 Å². The van der Waals surface area contributed by atoms with Crippen LogP contribution in [0.1, 0.15) is 27.9 Å². The average Bonchev–Trinajstić information content (AvgIpc) is 3.17. The van der Waals surface area contributed by atoms with Crippen LogP contribution in [0.4, 0.5) is 0 Å². The van der Waals surface area contributed by atoms with Crippen LogP contribution in [0.5, 0.6) is 0 Å². The predicted molar refractivity (Wildman–Crippen MR) is 123 cm³/mol. The third kappa shape index (κ3) is 4.53. The van der Waals surface area contributed by atoms with E-state index in [0.29, 0.717) is 10.6 Å². The summed E-state index contributed by atoms with van der Waals surface area (Å²) in [4.78, 5) is 17.5. The molecule has 0 fully saturated rings. The van der Waals surface area contributed by atoms with E-state index in [2.05, 4.69) is 46.3 Å². The first-order valence-corrected chi connectivity index (χ1v) is 11.3. The second-order valence-corrected chi connectivity index (χ2v) is 8.73. The molecule has 0 saturated carbocycles. The van der Waals surface area contributed by atoms with Gasteiger partial charge in [0.1, 0.15) is 0 Å². The van der Waals surface area contributed by atoms with Crippen LogP contribution in [-0.4, -0.2) is 41.2 Å². The number of rotatable bonds is 7. The fourth-order valence-electron chi connectivity index (χ4n) is 3.81.